The Hall–Kier alpha value is -2.56. The van der Waals surface area contributed by atoms with Crippen LogP contribution in [0.4, 0.5) is 0 Å². The molecule has 0 atom stereocenters. The van der Waals surface area contributed by atoms with E-state index in [9.17, 15) is 9.59 Å². The van der Waals surface area contributed by atoms with Crippen LogP contribution in [0.15, 0.2) is 42.5 Å². The third-order valence-electron chi connectivity index (χ3n) is 3.44. The number of ether oxygens (including phenoxy) is 1. The van der Waals surface area contributed by atoms with E-state index in [1.807, 2.05) is 42.5 Å². The molecule has 2 aromatic carbocycles. The summed E-state index contributed by atoms with van der Waals surface area (Å²) >= 11 is 0. The molecular weight excluding hydrogens is 294 g/mol. The van der Waals surface area contributed by atoms with Gasteiger partial charge < -0.3 is 15.2 Å². The molecule has 2 N–H and O–H groups in total. The van der Waals surface area contributed by atoms with Gasteiger partial charge in [-0.15, -0.1) is 0 Å². The number of hydrogen-bond donors (Lipinski definition) is 2. The van der Waals surface area contributed by atoms with Gasteiger partial charge in [0, 0.05) is 24.8 Å². The van der Waals surface area contributed by atoms with Gasteiger partial charge in [-0.05, 0) is 24.3 Å². The molecule has 0 saturated heterocycles. The van der Waals surface area contributed by atoms with Crippen molar-refractivity contribution >= 4 is 22.6 Å². The second kappa shape index (κ2) is 8.78. The molecule has 0 fully saturated rings. The third-order valence-corrected chi connectivity index (χ3v) is 3.44. The molecule has 5 nitrogen and oxygen atoms in total. The quantitative estimate of drug-likeness (QED) is 0.698. The van der Waals surface area contributed by atoms with Crippen LogP contribution < -0.4 is 10.1 Å². The molecule has 0 radical (unpaired) electrons. The molecule has 0 aliphatic rings. The largest absolute Gasteiger partial charge is 0.493 e. The third kappa shape index (κ3) is 5.62. The molecule has 0 aliphatic carbocycles. The molecule has 23 heavy (non-hydrogen) atoms. The van der Waals surface area contributed by atoms with Gasteiger partial charge in [0.15, 0.2) is 0 Å². The van der Waals surface area contributed by atoms with Crippen LogP contribution in [-0.2, 0) is 9.59 Å². The second-order valence-electron chi connectivity index (χ2n) is 5.28. The number of rotatable bonds is 9. The SMILES string of the molecule is O=C(O)CCCNC(=O)CCCOc1cccc2ccccc12. The summed E-state index contributed by atoms with van der Waals surface area (Å²) < 4.78 is 5.77. The van der Waals surface area contributed by atoms with Gasteiger partial charge >= 0.3 is 5.97 Å². The van der Waals surface area contributed by atoms with Gasteiger partial charge in [0.25, 0.3) is 0 Å². The van der Waals surface area contributed by atoms with Crippen LogP contribution in [0.25, 0.3) is 10.8 Å². The minimum absolute atomic E-state index is 0.0723. The smallest absolute Gasteiger partial charge is 0.303 e. The molecule has 0 unspecified atom stereocenters. The van der Waals surface area contributed by atoms with E-state index >= 15 is 0 Å². The van der Waals surface area contributed by atoms with Gasteiger partial charge in [-0.3, -0.25) is 9.59 Å². The molecule has 0 spiro atoms. The fourth-order valence-corrected chi connectivity index (χ4v) is 2.29. The maximum atomic E-state index is 11.6. The van der Waals surface area contributed by atoms with Gasteiger partial charge in [-0.25, -0.2) is 0 Å². The van der Waals surface area contributed by atoms with Gasteiger partial charge in [-0.2, -0.15) is 0 Å². The Morgan fingerprint density at radius 3 is 2.61 bits per heavy atom. The van der Waals surface area contributed by atoms with Crippen molar-refractivity contribution in [3.8, 4) is 5.75 Å². The highest BCUT2D eigenvalue weighted by atomic mass is 16.5. The Bertz CT molecular complexity index is 664. The number of carbonyl (C=O) groups excluding carboxylic acids is 1. The number of carbonyl (C=O) groups is 2. The summed E-state index contributed by atoms with van der Waals surface area (Å²) in [6, 6.07) is 13.9. The number of fused-ring (bicyclic) bond motifs is 1. The van der Waals surface area contributed by atoms with Crippen LogP contribution in [0.3, 0.4) is 0 Å². The summed E-state index contributed by atoms with van der Waals surface area (Å²) in [5.41, 5.74) is 0. The summed E-state index contributed by atoms with van der Waals surface area (Å²) in [5, 5.41) is 13.4. The minimum atomic E-state index is -0.845. The lowest BCUT2D eigenvalue weighted by molar-refractivity contribution is -0.137. The van der Waals surface area contributed by atoms with Gasteiger partial charge in [0.1, 0.15) is 5.75 Å². The predicted molar refractivity (Wildman–Crippen MR) is 88.6 cm³/mol. The maximum Gasteiger partial charge on any atom is 0.303 e. The average Bonchev–Trinajstić information content (AvgIpc) is 2.55. The first-order chi connectivity index (χ1) is 11.2. The Labute approximate surface area is 135 Å². The topological polar surface area (TPSA) is 75.6 Å². The molecule has 0 bridgehead atoms. The van der Waals surface area contributed by atoms with Crippen LogP contribution in [-0.4, -0.2) is 30.1 Å². The zero-order chi connectivity index (χ0) is 16.5. The Morgan fingerprint density at radius 2 is 1.78 bits per heavy atom. The molecule has 2 aromatic rings. The maximum absolute atomic E-state index is 11.6. The molecule has 0 saturated carbocycles. The van der Waals surface area contributed by atoms with E-state index in [-0.39, 0.29) is 12.3 Å². The van der Waals surface area contributed by atoms with Crippen molar-refractivity contribution in [2.45, 2.75) is 25.7 Å². The lowest BCUT2D eigenvalue weighted by Crippen LogP contribution is -2.25. The van der Waals surface area contributed by atoms with E-state index in [4.69, 9.17) is 9.84 Å². The first kappa shape index (κ1) is 16.8. The van der Waals surface area contributed by atoms with Crippen LogP contribution in [0.1, 0.15) is 25.7 Å². The number of carboxylic acid groups (broad SMARTS) is 1. The zero-order valence-corrected chi connectivity index (χ0v) is 13.0. The lowest BCUT2D eigenvalue weighted by atomic mass is 10.1. The van der Waals surface area contributed by atoms with Crippen molar-refractivity contribution < 1.29 is 19.4 Å². The number of benzene rings is 2. The molecule has 0 aliphatic heterocycles. The Morgan fingerprint density at radius 1 is 1.00 bits per heavy atom. The van der Waals surface area contributed by atoms with E-state index in [0.29, 0.717) is 32.4 Å². The Balaban J connectivity index is 1.68. The van der Waals surface area contributed by atoms with Crippen LogP contribution in [0.5, 0.6) is 5.75 Å². The van der Waals surface area contributed by atoms with E-state index in [1.54, 1.807) is 0 Å². The van der Waals surface area contributed by atoms with E-state index in [0.717, 1.165) is 16.5 Å². The average molecular weight is 315 g/mol. The first-order valence-electron chi connectivity index (χ1n) is 7.76. The van der Waals surface area contributed by atoms with Crippen LogP contribution >= 0.6 is 0 Å². The lowest BCUT2D eigenvalue weighted by Gasteiger charge is -2.09. The number of hydrogen-bond acceptors (Lipinski definition) is 3. The summed E-state index contributed by atoms with van der Waals surface area (Å²) in [6.45, 7) is 0.867. The van der Waals surface area contributed by atoms with Crippen molar-refractivity contribution in [3.05, 3.63) is 42.5 Å². The standard InChI is InChI=1S/C18H21NO4/c20-17(19-12-4-11-18(21)22)10-5-13-23-16-9-3-7-14-6-1-2-8-15(14)16/h1-3,6-9H,4-5,10-13H2,(H,19,20)(H,21,22). The zero-order valence-electron chi connectivity index (χ0n) is 13.0. The summed E-state index contributed by atoms with van der Waals surface area (Å²) in [7, 11) is 0. The van der Waals surface area contributed by atoms with Crippen LogP contribution in [0.2, 0.25) is 0 Å². The number of nitrogens with one attached hydrogen (secondary N) is 1. The Kier molecular flexibility index (Phi) is 6.41. The molecule has 5 heteroatoms. The van der Waals surface area contributed by atoms with Gasteiger partial charge in [-0.1, -0.05) is 36.4 Å². The van der Waals surface area contributed by atoms with E-state index in [2.05, 4.69) is 5.32 Å². The van der Waals surface area contributed by atoms with Crippen molar-refractivity contribution in [2.75, 3.05) is 13.2 Å². The molecule has 1 amide bonds. The van der Waals surface area contributed by atoms with E-state index < -0.39 is 5.97 Å². The van der Waals surface area contributed by atoms with Crippen molar-refractivity contribution in [1.29, 1.82) is 0 Å². The first-order valence-corrected chi connectivity index (χ1v) is 7.76. The second-order valence-corrected chi connectivity index (χ2v) is 5.28. The van der Waals surface area contributed by atoms with Crippen molar-refractivity contribution in [1.82, 2.24) is 5.32 Å². The summed E-state index contributed by atoms with van der Waals surface area (Å²) in [4.78, 5) is 22.0. The summed E-state index contributed by atoms with van der Waals surface area (Å²) in [5.74, 6) is -0.0930. The highest BCUT2D eigenvalue weighted by molar-refractivity contribution is 5.88. The fraction of sp³-hybridized carbons (Fsp3) is 0.333. The minimum Gasteiger partial charge on any atom is -0.493 e. The van der Waals surface area contributed by atoms with Gasteiger partial charge in [0.2, 0.25) is 5.91 Å². The molecule has 122 valence electrons. The molecule has 2 rings (SSSR count). The molecule has 0 heterocycles. The normalized spacial score (nSPS) is 10.4. The van der Waals surface area contributed by atoms with E-state index in [1.165, 1.54) is 0 Å². The van der Waals surface area contributed by atoms with Gasteiger partial charge in [0.05, 0.1) is 6.61 Å². The molecular formula is C18H21NO4. The monoisotopic (exact) mass is 315 g/mol. The highest BCUT2D eigenvalue weighted by Crippen LogP contribution is 2.25. The summed E-state index contributed by atoms with van der Waals surface area (Å²) in [6.07, 6.45) is 1.52. The number of amides is 1. The fourth-order valence-electron chi connectivity index (χ4n) is 2.29. The number of aliphatic carboxylic acids is 1. The highest BCUT2D eigenvalue weighted by Gasteiger charge is 2.04. The van der Waals surface area contributed by atoms with Crippen molar-refractivity contribution in [3.63, 3.8) is 0 Å². The van der Waals surface area contributed by atoms with Crippen molar-refractivity contribution in [2.24, 2.45) is 0 Å². The predicted octanol–water partition coefficient (Wildman–Crippen LogP) is 2.98. The number of carboxylic acids is 1. The van der Waals surface area contributed by atoms with Crippen LogP contribution in [0, 0.1) is 0 Å². The molecule has 0 aromatic heterocycles.